The second-order valence-corrected chi connectivity index (χ2v) is 15.5. The van der Waals surface area contributed by atoms with Gasteiger partial charge in [-0.3, -0.25) is 0 Å². The lowest BCUT2D eigenvalue weighted by atomic mass is 9.66. The molecule has 0 N–H and O–H groups in total. The van der Waals surface area contributed by atoms with Gasteiger partial charge in [0.2, 0.25) is 0 Å². The SMILES string of the molecule is C1=Cc2ccccc2C2(c3ccccc31)c1ccccc1-c1c(N(c3ccc(-c4cccc5c4oc4ccccc45)cc3)c3ccccc3-c3ccccc3)cccc12. The minimum absolute atomic E-state index is 0.529. The summed E-state index contributed by atoms with van der Waals surface area (Å²) in [5.74, 6) is 0. The second kappa shape index (κ2) is 13.2. The highest BCUT2D eigenvalue weighted by atomic mass is 16.3. The first-order valence-electron chi connectivity index (χ1n) is 20.3. The van der Waals surface area contributed by atoms with Crippen LogP contribution >= 0.6 is 0 Å². The van der Waals surface area contributed by atoms with Crippen molar-refractivity contribution in [2.24, 2.45) is 0 Å². The molecule has 0 unspecified atom stereocenters. The van der Waals surface area contributed by atoms with Crippen LogP contribution < -0.4 is 4.90 Å². The maximum Gasteiger partial charge on any atom is 0.143 e. The molecule has 0 bridgehead atoms. The number of anilines is 3. The lowest BCUT2D eigenvalue weighted by molar-refractivity contribution is 0.670. The van der Waals surface area contributed by atoms with Gasteiger partial charge in [0.1, 0.15) is 11.2 Å². The van der Waals surface area contributed by atoms with Crippen molar-refractivity contribution >= 4 is 51.2 Å². The largest absolute Gasteiger partial charge is 0.455 e. The molecule has 10 aromatic rings. The smallest absolute Gasteiger partial charge is 0.143 e. The Hall–Kier alpha value is -7.68. The van der Waals surface area contributed by atoms with E-state index in [1.54, 1.807) is 0 Å². The van der Waals surface area contributed by atoms with Gasteiger partial charge in [-0.15, -0.1) is 0 Å². The van der Waals surface area contributed by atoms with Crippen LogP contribution in [0.3, 0.4) is 0 Å². The highest BCUT2D eigenvalue weighted by molar-refractivity contribution is 6.09. The number of furan rings is 1. The summed E-state index contributed by atoms with van der Waals surface area (Å²) in [6, 6.07) is 77.3. The van der Waals surface area contributed by atoms with E-state index in [0.29, 0.717) is 0 Å². The van der Waals surface area contributed by atoms with Crippen LogP contribution in [0.2, 0.25) is 0 Å². The summed E-state index contributed by atoms with van der Waals surface area (Å²) >= 11 is 0. The Morgan fingerprint density at radius 3 is 1.68 bits per heavy atom. The molecule has 2 nitrogen and oxygen atoms in total. The van der Waals surface area contributed by atoms with Gasteiger partial charge in [-0.05, 0) is 80.4 Å². The van der Waals surface area contributed by atoms with E-state index in [-0.39, 0.29) is 0 Å². The predicted molar refractivity (Wildman–Crippen MR) is 246 cm³/mol. The maximum atomic E-state index is 6.50. The molecule has 0 radical (unpaired) electrons. The Morgan fingerprint density at radius 1 is 0.356 bits per heavy atom. The zero-order valence-corrected chi connectivity index (χ0v) is 32.2. The molecule has 0 atom stereocenters. The maximum absolute atomic E-state index is 6.50. The highest BCUT2D eigenvalue weighted by Gasteiger charge is 2.49. The van der Waals surface area contributed by atoms with E-state index in [4.69, 9.17) is 4.42 Å². The first kappa shape index (κ1) is 33.5. The molecule has 2 heteroatoms. The number of fused-ring (bicyclic) bond motifs is 12. The van der Waals surface area contributed by atoms with Gasteiger partial charge in [-0.1, -0.05) is 194 Å². The molecule has 0 amide bonds. The summed E-state index contributed by atoms with van der Waals surface area (Å²) in [6.45, 7) is 0. The van der Waals surface area contributed by atoms with Crippen LogP contribution in [-0.2, 0) is 5.41 Å². The van der Waals surface area contributed by atoms with E-state index in [9.17, 15) is 0 Å². The van der Waals surface area contributed by atoms with Crippen LogP contribution in [0.1, 0.15) is 33.4 Å². The minimum Gasteiger partial charge on any atom is -0.455 e. The van der Waals surface area contributed by atoms with E-state index in [1.165, 1.54) is 50.1 Å². The molecule has 276 valence electrons. The number of benzene rings is 9. The molecule has 0 saturated heterocycles. The van der Waals surface area contributed by atoms with E-state index >= 15 is 0 Å². The fourth-order valence-corrected chi connectivity index (χ4v) is 10.1. The molecule has 0 saturated carbocycles. The summed E-state index contributed by atoms with van der Waals surface area (Å²) in [5, 5.41) is 2.26. The monoisotopic (exact) mass is 751 g/mol. The van der Waals surface area contributed by atoms with Crippen molar-refractivity contribution in [3.8, 4) is 33.4 Å². The topological polar surface area (TPSA) is 16.4 Å². The third-order valence-electron chi connectivity index (χ3n) is 12.5. The van der Waals surface area contributed by atoms with Gasteiger partial charge in [0.05, 0.1) is 16.8 Å². The molecule has 2 aliphatic carbocycles. The summed E-state index contributed by atoms with van der Waals surface area (Å²) in [4.78, 5) is 2.48. The van der Waals surface area contributed by atoms with Gasteiger partial charge < -0.3 is 9.32 Å². The molecule has 1 heterocycles. The molecule has 2 aliphatic rings. The predicted octanol–water partition coefficient (Wildman–Crippen LogP) is 15.2. The van der Waals surface area contributed by atoms with E-state index < -0.39 is 5.41 Å². The summed E-state index contributed by atoms with van der Waals surface area (Å²) in [5.41, 5.74) is 19.3. The van der Waals surface area contributed by atoms with Gasteiger partial charge in [-0.25, -0.2) is 0 Å². The van der Waals surface area contributed by atoms with Crippen LogP contribution in [0.25, 0.3) is 67.5 Å². The molecule has 59 heavy (non-hydrogen) atoms. The molecular formula is C57H37NO. The Kier molecular flexibility index (Phi) is 7.48. The lowest BCUT2D eigenvalue weighted by Crippen LogP contribution is -2.30. The first-order chi connectivity index (χ1) is 29.3. The Morgan fingerprint density at radius 2 is 0.898 bits per heavy atom. The van der Waals surface area contributed by atoms with Crippen LogP contribution in [0.4, 0.5) is 17.1 Å². The number of hydrogen-bond acceptors (Lipinski definition) is 2. The van der Waals surface area contributed by atoms with Gasteiger partial charge in [0.25, 0.3) is 0 Å². The molecule has 0 fully saturated rings. The zero-order valence-electron chi connectivity index (χ0n) is 32.2. The standard InChI is InChI=1S/C57H37NO/c1-2-16-38(17-3-1)43-20-7-12-29-52(43)58(42-36-34-39(35-37-42)44-23-14-24-46-45-21-8-13-31-54(45)59-56(44)46)53-30-15-28-51-55(53)47-22-6-11-27-50(47)57(51)48-25-9-4-18-40(48)32-33-41-19-5-10-26-49(41)57/h1-37H. The van der Waals surface area contributed by atoms with Crippen molar-refractivity contribution in [1.29, 1.82) is 0 Å². The fraction of sp³-hybridized carbons (Fsp3) is 0.0175. The van der Waals surface area contributed by atoms with Crippen LogP contribution in [0, 0.1) is 0 Å². The summed E-state index contributed by atoms with van der Waals surface area (Å²) < 4.78 is 6.50. The van der Waals surface area contributed by atoms with Crippen molar-refractivity contribution in [2.45, 2.75) is 5.41 Å². The lowest BCUT2D eigenvalue weighted by Gasteiger charge is -2.36. The second-order valence-electron chi connectivity index (χ2n) is 15.5. The minimum atomic E-state index is -0.529. The Balaban J connectivity index is 1.12. The molecule has 12 rings (SSSR count). The molecule has 9 aromatic carbocycles. The quantitative estimate of drug-likeness (QED) is 0.174. The summed E-state index contributed by atoms with van der Waals surface area (Å²) in [7, 11) is 0. The molecule has 0 aliphatic heterocycles. The molecular weight excluding hydrogens is 715 g/mol. The van der Waals surface area contributed by atoms with E-state index in [1.807, 2.05) is 12.1 Å². The number of hydrogen-bond donors (Lipinski definition) is 0. The van der Waals surface area contributed by atoms with Gasteiger partial charge in [-0.2, -0.15) is 0 Å². The number of rotatable bonds is 5. The van der Waals surface area contributed by atoms with Crippen molar-refractivity contribution < 1.29 is 4.42 Å². The van der Waals surface area contributed by atoms with Crippen molar-refractivity contribution in [2.75, 3.05) is 4.90 Å². The van der Waals surface area contributed by atoms with Gasteiger partial charge in [0, 0.05) is 33.2 Å². The first-order valence-corrected chi connectivity index (χ1v) is 20.3. The Labute approximate surface area is 343 Å². The third kappa shape index (κ3) is 4.93. The van der Waals surface area contributed by atoms with E-state index in [0.717, 1.165) is 55.7 Å². The summed E-state index contributed by atoms with van der Waals surface area (Å²) in [6.07, 6.45) is 4.59. The fourth-order valence-electron chi connectivity index (χ4n) is 10.1. The van der Waals surface area contributed by atoms with Crippen LogP contribution in [0.5, 0.6) is 0 Å². The van der Waals surface area contributed by atoms with Crippen LogP contribution in [-0.4, -0.2) is 0 Å². The molecule has 1 aromatic heterocycles. The molecule has 1 spiro atoms. The number of para-hydroxylation sites is 3. The third-order valence-corrected chi connectivity index (χ3v) is 12.5. The van der Waals surface area contributed by atoms with E-state index in [2.05, 4.69) is 217 Å². The average molecular weight is 752 g/mol. The Bertz CT molecular complexity index is 3230. The van der Waals surface area contributed by atoms with Gasteiger partial charge >= 0.3 is 0 Å². The van der Waals surface area contributed by atoms with Gasteiger partial charge in [0.15, 0.2) is 0 Å². The van der Waals surface area contributed by atoms with Crippen LogP contribution in [0.15, 0.2) is 217 Å². The van der Waals surface area contributed by atoms with Crippen molar-refractivity contribution in [3.63, 3.8) is 0 Å². The zero-order chi connectivity index (χ0) is 38.9. The van der Waals surface area contributed by atoms with Crippen molar-refractivity contribution in [3.05, 3.63) is 246 Å². The average Bonchev–Trinajstić information content (AvgIpc) is 3.79. The highest BCUT2D eigenvalue weighted by Crippen LogP contribution is 2.61. The number of nitrogens with zero attached hydrogens (tertiary/aromatic N) is 1. The van der Waals surface area contributed by atoms with Crippen molar-refractivity contribution in [1.82, 2.24) is 0 Å². The normalized spacial score (nSPS) is 13.2.